The zero-order valence-corrected chi connectivity index (χ0v) is 11.4. The molecule has 1 saturated carbocycles. The van der Waals surface area contributed by atoms with Crippen LogP contribution in [-0.2, 0) is 4.79 Å². The van der Waals surface area contributed by atoms with E-state index in [2.05, 4.69) is 19.2 Å². The molecule has 3 heteroatoms. The molecule has 1 amide bonds. The van der Waals surface area contributed by atoms with Gasteiger partial charge in [-0.15, -0.1) is 0 Å². The SMILES string of the molecule is CCCCC(N)C(=O)NC1CCCC(CC)C1. The molecule has 1 rings (SSSR count). The standard InChI is InChI=1S/C14H28N2O/c1-3-5-9-13(15)14(17)16-12-8-6-7-11(4-2)10-12/h11-13H,3-10,15H2,1-2H3,(H,16,17). The van der Waals surface area contributed by atoms with Crippen molar-refractivity contribution >= 4 is 5.91 Å². The molecule has 1 fully saturated rings. The van der Waals surface area contributed by atoms with Crippen molar-refractivity contribution in [3.63, 3.8) is 0 Å². The van der Waals surface area contributed by atoms with Gasteiger partial charge in [-0.25, -0.2) is 0 Å². The van der Waals surface area contributed by atoms with E-state index in [1.54, 1.807) is 0 Å². The van der Waals surface area contributed by atoms with Gasteiger partial charge in [0.25, 0.3) is 0 Å². The van der Waals surface area contributed by atoms with Crippen molar-refractivity contribution in [2.24, 2.45) is 11.7 Å². The summed E-state index contributed by atoms with van der Waals surface area (Å²) in [5.74, 6) is 0.848. The fourth-order valence-corrected chi connectivity index (χ4v) is 2.66. The van der Waals surface area contributed by atoms with Crippen molar-refractivity contribution in [1.82, 2.24) is 5.32 Å². The van der Waals surface area contributed by atoms with Gasteiger partial charge in [-0.1, -0.05) is 46.0 Å². The summed E-state index contributed by atoms with van der Waals surface area (Å²) in [5.41, 5.74) is 5.88. The summed E-state index contributed by atoms with van der Waals surface area (Å²) >= 11 is 0. The molecule has 0 aromatic rings. The van der Waals surface area contributed by atoms with E-state index in [-0.39, 0.29) is 11.9 Å². The highest BCUT2D eigenvalue weighted by molar-refractivity contribution is 5.81. The van der Waals surface area contributed by atoms with Crippen LogP contribution >= 0.6 is 0 Å². The smallest absolute Gasteiger partial charge is 0.237 e. The van der Waals surface area contributed by atoms with Gasteiger partial charge in [0.2, 0.25) is 5.91 Å². The fourth-order valence-electron chi connectivity index (χ4n) is 2.66. The molecule has 3 nitrogen and oxygen atoms in total. The molecule has 0 radical (unpaired) electrons. The van der Waals surface area contributed by atoms with Crippen LogP contribution in [0.5, 0.6) is 0 Å². The lowest BCUT2D eigenvalue weighted by Crippen LogP contribution is -2.46. The Morgan fingerprint density at radius 2 is 2.18 bits per heavy atom. The number of carbonyl (C=O) groups is 1. The third-order valence-electron chi connectivity index (χ3n) is 3.91. The van der Waals surface area contributed by atoms with Crippen molar-refractivity contribution < 1.29 is 4.79 Å². The molecule has 1 aliphatic rings. The summed E-state index contributed by atoms with van der Waals surface area (Å²) in [4.78, 5) is 11.9. The Balaban J connectivity index is 2.29. The van der Waals surface area contributed by atoms with E-state index in [9.17, 15) is 4.79 Å². The van der Waals surface area contributed by atoms with E-state index in [0.717, 1.165) is 38.0 Å². The number of carbonyl (C=O) groups excluding carboxylic acids is 1. The van der Waals surface area contributed by atoms with Crippen molar-refractivity contribution in [2.75, 3.05) is 0 Å². The van der Waals surface area contributed by atoms with Crippen LogP contribution in [0, 0.1) is 5.92 Å². The van der Waals surface area contributed by atoms with Crippen LogP contribution in [0.15, 0.2) is 0 Å². The second-order valence-electron chi connectivity index (χ2n) is 5.40. The molecular weight excluding hydrogens is 212 g/mol. The maximum atomic E-state index is 11.9. The number of amides is 1. The van der Waals surface area contributed by atoms with Crippen LogP contribution in [0.3, 0.4) is 0 Å². The van der Waals surface area contributed by atoms with Gasteiger partial charge in [0.1, 0.15) is 0 Å². The van der Waals surface area contributed by atoms with Gasteiger partial charge in [0, 0.05) is 6.04 Å². The molecular formula is C14H28N2O. The van der Waals surface area contributed by atoms with E-state index in [1.807, 2.05) is 0 Å². The molecule has 100 valence electrons. The van der Waals surface area contributed by atoms with E-state index in [1.165, 1.54) is 19.3 Å². The van der Waals surface area contributed by atoms with Crippen LogP contribution in [0.2, 0.25) is 0 Å². The minimum Gasteiger partial charge on any atom is -0.352 e. The zero-order valence-electron chi connectivity index (χ0n) is 11.4. The van der Waals surface area contributed by atoms with Gasteiger partial charge in [-0.2, -0.15) is 0 Å². The van der Waals surface area contributed by atoms with Gasteiger partial charge >= 0.3 is 0 Å². The Morgan fingerprint density at radius 3 is 2.82 bits per heavy atom. The van der Waals surface area contributed by atoms with Crippen molar-refractivity contribution in [3.05, 3.63) is 0 Å². The summed E-state index contributed by atoms with van der Waals surface area (Å²) in [5, 5.41) is 3.13. The zero-order chi connectivity index (χ0) is 12.7. The third-order valence-corrected chi connectivity index (χ3v) is 3.91. The van der Waals surface area contributed by atoms with Crippen molar-refractivity contribution in [1.29, 1.82) is 0 Å². The summed E-state index contributed by atoms with van der Waals surface area (Å²) in [6, 6.07) is 0.0610. The average Bonchev–Trinajstić information content (AvgIpc) is 2.36. The molecule has 0 aromatic heterocycles. The molecule has 3 unspecified atom stereocenters. The Morgan fingerprint density at radius 1 is 1.41 bits per heavy atom. The molecule has 0 aromatic carbocycles. The lowest BCUT2D eigenvalue weighted by Gasteiger charge is -2.29. The largest absolute Gasteiger partial charge is 0.352 e. The maximum Gasteiger partial charge on any atom is 0.237 e. The quantitative estimate of drug-likeness (QED) is 0.750. The molecule has 1 aliphatic carbocycles. The second-order valence-corrected chi connectivity index (χ2v) is 5.40. The number of nitrogens with one attached hydrogen (secondary N) is 1. The highest BCUT2D eigenvalue weighted by atomic mass is 16.2. The van der Waals surface area contributed by atoms with Crippen LogP contribution < -0.4 is 11.1 Å². The summed E-state index contributed by atoms with van der Waals surface area (Å²) in [6.45, 7) is 4.36. The van der Waals surface area contributed by atoms with E-state index in [4.69, 9.17) is 5.73 Å². The second kappa shape index (κ2) is 7.70. The minimum atomic E-state index is -0.308. The highest BCUT2D eigenvalue weighted by Gasteiger charge is 2.23. The molecule has 0 bridgehead atoms. The predicted octanol–water partition coefficient (Wildman–Crippen LogP) is 2.59. The van der Waals surface area contributed by atoms with Crippen molar-refractivity contribution in [3.8, 4) is 0 Å². The molecule has 0 spiro atoms. The summed E-state index contributed by atoms with van der Waals surface area (Å²) in [7, 11) is 0. The Labute approximate surface area is 106 Å². The van der Waals surface area contributed by atoms with Crippen molar-refractivity contribution in [2.45, 2.75) is 77.3 Å². The maximum absolute atomic E-state index is 11.9. The molecule has 0 heterocycles. The fraction of sp³-hybridized carbons (Fsp3) is 0.929. The molecule has 3 atom stereocenters. The Hall–Kier alpha value is -0.570. The first-order chi connectivity index (χ1) is 8.17. The van der Waals surface area contributed by atoms with Gasteiger partial charge in [-0.3, -0.25) is 4.79 Å². The lowest BCUT2D eigenvalue weighted by atomic mass is 9.84. The first-order valence-electron chi connectivity index (χ1n) is 7.23. The van der Waals surface area contributed by atoms with Gasteiger partial charge in [0.15, 0.2) is 0 Å². The Kier molecular flexibility index (Phi) is 6.56. The van der Waals surface area contributed by atoms with Crippen LogP contribution in [0.4, 0.5) is 0 Å². The summed E-state index contributed by atoms with van der Waals surface area (Å²) < 4.78 is 0. The topological polar surface area (TPSA) is 55.1 Å². The van der Waals surface area contributed by atoms with Gasteiger partial charge < -0.3 is 11.1 Å². The molecule has 0 saturated heterocycles. The lowest BCUT2D eigenvalue weighted by molar-refractivity contribution is -0.123. The molecule has 0 aliphatic heterocycles. The number of hydrogen-bond donors (Lipinski definition) is 2. The number of nitrogens with two attached hydrogens (primary N) is 1. The molecule has 17 heavy (non-hydrogen) atoms. The van der Waals surface area contributed by atoms with E-state index in [0.29, 0.717) is 6.04 Å². The minimum absolute atomic E-state index is 0.0557. The van der Waals surface area contributed by atoms with E-state index < -0.39 is 0 Å². The third kappa shape index (κ3) is 5.07. The highest BCUT2D eigenvalue weighted by Crippen LogP contribution is 2.26. The first kappa shape index (κ1) is 14.5. The van der Waals surface area contributed by atoms with Crippen LogP contribution in [0.1, 0.15) is 65.2 Å². The normalized spacial score (nSPS) is 26.5. The first-order valence-corrected chi connectivity index (χ1v) is 7.23. The van der Waals surface area contributed by atoms with E-state index >= 15 is 0 Å². The monoisotopic (exact) mass is 240 g/mol. The average molecular weight is 240 g/mol. The number of hydrogen-bond acceptors (Lipinski definition) is 2. The Bertz CT molecular complexity index is 230. The van der Waals surface area contributed by atoms with Gasteiger partial charge in [-0.05, 0) is 25.2 Å². The summed E-state index contributed by atoms with van der Waals surface area (Å²) in [6.07, 6.45) is 9.02. The van der Waals surface area contributed by atoms with Crippen LogP contribution in [-0.4, -0.2) is 18.0 Å². The van der Waals surface area contributed by atoms with Crippen LogP contribution in [0.25, 0.3) is 0 Å². The van der Waals surface area contributed by atoms with Gasteiger partial charge in [0.05, 0.1) is 6.04 Å². The molecule has 3 N–H and O–H groups in total. The number of unbranched alkanes of at least 4 members (excludes halogenated alkanes) is 1. The number of rotatable bonds is 6. The predicted molar refractivity (Wildman–Crippen MR) is 71.7 cm³/mol.